The van der Waals surface area contributed by atoms with Crippen molar-refractivity contribution in [2.24, 2.45) is 0 Å². The third kappa shape index (κ3) is 5.71. The number of halogens is 3. The number of nitrogens with zero attached hydrogens (tertiary/aromatic N) is 5. The largest absolute Gasteiger partial charge is 0.396 e. The van der Waals surface area contributed by atoms with E-state index in [1.54, 1.807) is 0 Å². The van der Waals surface area contributed by atoms with Gasteiger partial charge in [0.05, 0.1) is 0 Å². The quantitative estimate of drug-likeness (QED) is 0.592. The standard InChI is InChI=1S/C19H23ClN6O.2ClH/c20-15-4-1-3-14(11-15)12-17-23-19(26(24-17)8-2-10-27)16-13-25-9-7-21-6-5-18(25)22-16;;/h1,3-4,11,13,21,27H,2,5-10,12H2;2*1H. The van der Waals surface area contributed by atoms with Crippen molar-refractivity contribution in [2.75, 3.05) is 19.7 Å². The number of rotatable bonds is 6. The normalized spacial score (nSPS) is 13.2. The molecule has 1 aliphatic heterocycles. The van der Waals surface area contributed by atoms with Crippen LogP contribution in [0.4, 0.5) is 0 Å². The number of nitrogens with one attached hydrogen (secondary N) is 1. The Morgan fingerprint density at radius 2 is 2.03 bits per heavy atom. The summed E-state index contributed by atoms with van der Waals surface area (Å²) in [6.45, 7) is 3.52. The molecule has 2 N–H and O–H groups in total. The van der Waals surface area contributed by atoms with Crippen LogP contribution in [0.5, 0.6) is 0 Å². The first-order valence-corrected chi connectivity index (χ1v) is 9.67. The van der Waals surface area contributed by atoms with E-state index in [2.05, 4.69) is 21.2 Å². The summed E-state index contributed by atoms with van der Waals surface area (Å²) in [5.74, 6) is 2.56. The van der Waals surface area contributed by atoms with Crippen LogP contribution in [0.25, 0.3) is 11.5 Å². The van der Waals surface area contributed by atoms with Crippen LogP contribution in [0.2, 0.25) is 5.02 Å². The molecule has 0 bridgehead atoms. The Balaban J connectivity index is 0.00000150. The second-order valence-electron chi connectivity index (χ2n) is 6.69. The van der Waals surface area contributed by atoms with E-state index in [1.165, 1.54) is 0 Å². The lowest BCUT2D eigenvalue weighted by atomic mass is 10.1. The van der Waals surface area contributed by atoms with E-state index in [4.69, 9.17) is 21.6 Å². The smallest absolute Gasteiger partial charge is 0.178 e. The van der Waals surface area contributed by atoms with Gasteiger partial charge in [0, 0.05) is 56.8 Å². The molecule has 1 aromatic carbocycles. The highest BCUT2D eigenvalue weighted by Crippen LogP contribution is 2.20. The Morgan fingerprint density at radius 3 is 2.83 bits per heavy atom. The van der Waals surface area contributed by atoms with Gasteiger partial charge in [-0.05, 0) is 24.1 Å². The highest BCUT2D eigenvalue weighted by Gasteiger charge is 2.18. The molecule has 0 fully saturated rings. The third-order valence-corrected chi connectivity index (χ3v) is 4.87. The molecule has 0 atom stereocenters. The maximum Gasteiger partial charge on any atom is 0.178 e. The zero-order valence-corrected chi connectivity index (χ0v) is 18.3. The summed E-state index contributed by atoms with van der Waals surface area (Å²) < 4.78 is 4.05. The minimum atomic E-state index is 0. The number of hydrogen-bond acceptors (Lipinski definition) is 5. The summed E-state index contributed by atoms with van der Waals surface area (Å²) in [6, 6.07) is 7.74. The van der Waals surface area contributed by atoms with E-state index in [0.29, 0.717) is 24.4 Å². The van der Waals surface area contributed by atoms with Crippen molar-refractivity contribution in [3.05, 3.63) is 52.7 Å². The summed E-state index contributed by atoms with van der Waals surface area (Å²) in [5.41, 5.74) is 1.91. The van der Waals surface area contributed by atoms with Crippen molar-refractivity contribution in [1.82, 2.24) is 29.6 Å². The van der Waals surface area contributed by atoms with Gasteiger partial charge in [0.15, 0.2) is 11.6 Å². The number of aryl methyl sites for hydroxylation is 1. The van der Waals surface area contributed by atoms with Crippen molar-refractivity contribution < 1.29 is 5.11 Å². The molecule has 0 unspecified atom stereocenters. The van der Waals surface area contributed by atoms with E-state index in [-0.39, 0.29) is 31.4 Å². The molecule has 0 aliphatic carbocycles. The van der Waals surface area contributed by atoms with Crippen LogP contribution in [-0.4, -0.2) is 49.1 Å². The predicted molar refractivity (Wildman–Crippen MR) is 118 cm³/mol. The van der Waals surface area contributed by atoms with E-state index in [1.807, 2.05) is 28.9 Å². The summed E-state index contributed by atoms with van der Waals surface area (Å²) in [5, 5.41) is 18.0. The number of hydrogen-bond donors (Lipinski definition) is 2. The lowest BCUT2D eigenvalue weighted by Crippen LogP contribution is -2.17. The van der Waals surface area contributed by atoms with Gasteiger partial charge < -0.3 is 15.0 Å². The summed E-state index contributed by atoms with van der Waals surface area (Å²) in [7, 11) is 0. The van der Waals surface area contributed by atoms with Gasteiger partial charge in [-0.25, -0.2) is 14.6 Å². The molecule has 0 radical (unpaired) electrons. The average Bonchev–Trinajstić information content (AvgIpc) is 3.17. The van der Waals surface area contributed by atoms with Gasteiger partial charge in [0.1, 0.15) is 11.5 Å². The van der Waals surface area contributed by atoms with Crippen LogP contribution in [0.3, 0.4) is 0 Å². The monoisotopic (exact) mass is 458 g/mol. The second kappa shape index (κ2) is 10.9. The van der Waals surface area contributed by atoms with Gasteiger partial charge in [-0.15, -0.1) is 24.8 Å². The fourth-order valence-electron chi connectivity index (χ4n) is 3.34. The highest BCUT2D eigenvalue weighted by molar-refractivity contribution is 6.30. The van der Waals surface area contributed by atoms with Gasteiger partial charge in [-0.1, -0.05) is 23.7 Å². The molecule has 0 amide bonds. The number of fused-ring (bicyclic) bond motifs is 1. The second-order valence-corrected chi connectivity index (χ2v) is 7.13. The average molecular weight is 460 g/mol. The zero-order valence-electron chi connectivity index (χ0n) is 15.9. The number of aromatic nitrogens is 5. The molecule has 2 aromatic heterocycles. The molecule has 3 aromatic rings. The molecule has 1 aliphatic rings. The Kier molecular flexibility index (Phi) is 8.92. The Morgan fingerprint density at radius 1 is 1.17 bits per heavy atom. The van der Waals surface area contributed by atoms with Crippen molar-refractivity contribution in [3.8, 4) is 11.5 Å². The van der Waals surface area contributed by atoms with Crippen LogP contribution >= 0.6 is 36.4 Å². The van der Waals surface area contributed by atoms with Gasteiger partial charge in [0.2, 0.25) is 0 Å². The van der Waals surface area contributed by atoms with Crippen LogP contribution in [0.15, 0.2) is 30.5 Å². The Hall–Kier alpha value is -1.64. The lowest BCUT2D eigenvalue weighted by molar-refractivity contribution is 0.277. The predicted octanol–water partition coefficient (Wildman–Crippen LogP) is 2.76. The fourth-order valence-corrected chi connectivity index (χ4v) is 3.55. The minimum absolute atomic E-state index is 0. The minimum Gasteiger partial charge on any atom is -0.396 e. The van der Waals surface area contributed by atoms with E-state index in [9.17, 15) is 5.11 Å². The number of imidazole rings is 1. The van der Waals surface area contributed by atoms with Crippen LogP contribution in [0.1, 0.15) is 23.6 Å². The molecule has 158 valence electrons. The molecule has 29 heavy (non-hydrogen) atoms. The first-order chi connectivity index (χ1) is 13.2. The topological polar surface area (TPSA) is 80.8 Å². The number of benzene rings is 1. The third-order valence-electron chi connectivity index (χ3n) is 4.64. The molecule has 7 nitrogen and oxygen atoms in total. The van der Waals surface area contributed by atoms with Crippen LogP contribution in [-0.2, 0) is 25.9 Å². The number of aliphatic hydroxyl groups is 1. The van der Waals surface area contributed by atoms with E-state index >= 15 is 0 Å². The van der Waals surface area contributed by atoms with Crippen molar-refractivity contribution in [3.63, 3.8) is 0 Å². The van der Waals surface area contributed by atoms with Crippen LogP contribution < -0.4 is 5.32 Å². The Labute approximate surface area is 187 Å². The highest BCUT2D eigenvalue weighted by atomic mass is 35.5. The molecule has 0 saturated carbocycles. The molecular weight excluding hydrogens is 435 g/mol. The van der Waals surface area contributed by atoms with Crippen molar-refractivity contribution >= 4 is 36.4 Å². The van der Waals surface area contributed by atoms with E-state index in [0.717, 1.165) is 54.8 Å². The van der Waals surface area contributed by atoms with Crippen LogP contribution in [0, 0.1) is 0 Å². The van der Waals surface area contributed by atoms with Crippen molar-refractivity contribution in [2.45, 2.75) is 32.4 Å². The molecule has 0 spiro atoms. The molecule has 3 heterocycles. The molecule has 10 heteroatoms. The molecular formula is C19H25Cl3N6O. The summed E-state index contributed by atoms with van der Waals surface area (Å²) >= 11 is 6.09. The SMILES string of the molecule is Cl.Cl.OCCCn1nc(Cc2cccc(Cl)c2)nc1-c1cn2c(n1)CCNCC2. The first-order valence-electron chi connectivity index (χ1n) is 9.29. The van der Waals surface area contributed by atoms with Gasteiger partial charge in [-0.3, -0.25) is 0 Å². The maximum atomic E-state index is 9.22. The Bertz CT molecular complexity index is 903. The fraction of sp³-hybridized carbons (Fsp3) is 0.421. The number of aliphatic hydroxyl groups excluding tert-OH is 1. The molecule has 0 saturated heterocycles. The maximum absolute atomic E-state index is 9.22. The van der Waals surface area contributed by atoms with E-state index < -0.39 is 0 Å². The van der Waals surface area contributed by atoms with Gasteiger partial charge >= 0.3 is 0 Å². The summed E-state index contributed by atoms with van der Waals surface area (Å²) in [4.78, 5) is 9.56. The van der Waals surface area contributed by atoms with Crippen molar-refractivity contribution in [1.29, 1.82) is 0 Å². The zero-order chi connectivity index (χ0) is 18.6. The van der Waals surface area contributed by atoms with Gasteiger partial charge in [-0.2, -0.15) is 5.10 Å². The first kappa shape index (κ1) is 23.6. The molecule has 4 rings (SSSR count). The van der Waals surface area contributed by atoms with Gasteiger partial charge in [0.25, 0.3) is 0 Å². The summed E-state index contributed by atoms with van der Waals surface area (Å²) in [6.07, 6.45) is 4.20. The lowest BCUT2D eigenvalue weighted by Gasteiger charge is -2.02.